The summed E-state index contributed by atoms with van der Waals surface area (Å²) in [6.45, 7) is 5.14. The van der Waals surface area contributed by atoms with E-state index >= 15 is 0 Å². The SMILES string of the molecule is C[C@@H](NC(=O)C[C@H]1C[C@H]1c1nc2ccccc2[nH]1)c1ccc(C(=O)N2CCNCC2)s1. The number of amides is 2. The second kappa shape index (κ2) is 8.43. The van der Waals surface area contributed by atoms with E-state index in [0.29, 0.717) is 18.3 Å². The van der Waals surface area contributed by atoms with Gasteiger partial charge in [-0.1, -0.05) is 12.1 Å². The maximum Gasteiger partial charge on any atom is 0.264 e. The third-order valence-electron chi connectivity index (χ3n) is 6.18. The summed E-state index contributed by atoms with van der Waals surface area (Å²) in [4.78, 5) is 37.0. The Hall–Kier alpha value is -2.71. The predicted octanol–water partition coefficient (Wildman–Crippen LogP) is 3.04. The lowest BCUT2D eigenvalue weighted by Gasteiger charge is -2.26. The fraction of sp³-hybridized carbons (Fsp3) is 0.435. The Balaban J connectivity index is 1.14. The van der Waals surface area contributed by atoms with Crippen LogP contribution in [-0.4, -0.2) is 52.9 Å². The summed E-state index contributed by atoms with van der Waals surface area (Å²) in [7, 11) is 0. The molecule has 3 heterocycles. The summed E-state index contributed by atoms with van der Waals surface area (Å²) in [5.74, 6) is 1.79. The molecule has 0 bridgehead atoms. The van der Waals surface area contributed by atoms with Gasteiger partial charge < -0.3 is 20.5 Å². The molecule has 2 fully saturated rings. The maximum absolute atomic E-state index is 12.7. The van der Waals surface area contributed by atoms with E-state index in [0.717, 1.165) is 59.2 Å². The Morgan fingerprint density at radius 3 is 2.84 bits per heavy atom. The largest absolute Gasteiger partial charge is 0.349 e. The first-order valence-corrected chi connectivity index (χ1v) is 11.7. The number of nitrogens with one attached hydrogen (secondary N) is 3. The van der Waals surface area contributed by atoms with Crippen molar-refractivity contribution in [1.29, 1.82) is 0 Å². The van der Waals surface area contributed by atoms with Crippen LogP contribution >= 0.6 is 11.3 Å². The molecule has 3 aromatic rings. The average Bonchev–Trinajstić information content (AvgIpc) is 3.18. The molecule has 5 rings (SSSR count). The number of para-hydroxylation sites is 2. The Morgan fingerprint density at radius 2 is 2.03 bits per heavy atom. The van der Waals surface area contributed by atoms with Crippen molar-refractivity contribution in [3.63, 3.8) is 0 Å². The number of fused-ring (bicyclic) bond motifs is 1. The Kier molecular flexibility index (Phi) is 5.50. The minimum absolute atomic E-state index is 0.0551. The number of aromatic nitrogens is 2. The van der Waals surface area contributed by atoms with Gasteiger partial charge in [-0.2, -0.15) is 0 Å². The molecule has 162 valence electrons. The van der Waals surface area contributed by atoms with Crippen molar-refractivity contribution in [2.45, 2.75) is 31.7 Å². The molecule has 3 atom stereocenters. The molecule has 2 aliphatic rings. The standard InChI is InChI=1S/C23H27N5O2S/c1-14(19-6-7-20(31-19)23(30)28-10-8-24-9-11-28)25-21(29)13-15-12-16(15)22-26-17-4-2-3-5-18(17)27-22/h2-7,14-16,24H,8-13H2,1H3,(H,25,29)(H,26,27)/t14-,15-,16-/m1/s1. The van der Waals surface area contributed by atoms with E-state index in [-0.39, 0.29) is 17.9 Å². The molecular weight excluding hydrogens is 410 g/mol. The van der Waals surface area contributed by atoms with Crippen LogP contribution in [-0.2, 0) is 4.79 Å². The fourth-order valence-corrected chi connectivity index (χ4v) is 5.27. The van der Waals surface area contributed by atoms with Crippen LogP contribution in [0.3, 0.4) is 0 Å². The van der Waals surface area contributed by atoms with Crippen LogP contribution in [0.2, 0.25) is 0 Å². The van der Waals surface area contributed by atoms with E-state index in [9.17, 15) is 9.59 Å². The van der Waals surface area contributed by atoms with Crippen molar-refractivity contribution in [2.75, 3.05) is 26.2 Å². The topological polar surface area (TPSA) is 90.1 Å². The van der Waals surface area contributed by atoms with Gasteiger partial charge in [0.05, 0.1) is 22.0 Å². The molecule has 1 aromatic carbocycles. The highest BCUT2D eigenvalue weighted by atomic mass is 32.1. The number of hydrogen-bond acceptors (Lipinski definition) is 5. The van der Waals surface area contributed by atoms with Crippen molar-refractivity contribution in [1.82, 2.24) is 25.5 Å². The number of carbonyl (C=O) groups excluding carboxylic acids is 2. The van der Waals surface area contributed by atoms with Crippen molar-refractivity contribution in [3.8, 4) is 0 Å². The zero-order chi connectivity index (χ0) is 21.4. The van der Waals surface area contributed by atoms with Gasteiger partial charge in [-0.3, -0.25) is 9.59 Å². The highest BCUT2D eigenvalue weighted by Crippen LogP contribution is 2.48. The van der Waals surface area contributed by atoms with E-state index < -0.39 is 0 Å². The smallest absolute Gasteiger partial charge is 0.264 e. The van der Waals surface area contributed by atoms with E-state index in [1.54, 1.807) is 0 Å². The zero-order valence-electron chi connectivity index (χ0n) is 17.6. The van der Waals surface area contributed by atoms with E-state index in [1.165, 1.54) is 11.3 Å². The van der Waals surface area contributed by atoms with Gasteiger partial charge in [0, 0.05) is 43.4 Å². The monoisotopic (exact) mass is 437 g/mol. The summed E-state index contributed by atoms with van der Waals surface area (Å²) in [6.07, 6.45) is 1.49. The van der Waals surface area contributed by atoms with Crippen LogP contribution < -0.4 is 10.6 Å². The van der Waals surface area contributed by atoms with Gasteiger partial charge in [0.1, 0.15) is 5.82 Å². The summed E-state index contributed by atoms with van der Waals surface area (Å²) >= 11 is 1.48. The number of aromatic amines is 1. The van der Waals surface area contributed by atoms with Crippen molar-refractivity contribution in [3.05, 3.63) is 52.0 Å². The molecule has 8 heteroatoms. The molecule has 0 spiro atoms. The van der Waals surface area contributed by atoms with Gasteiger partial charge >= 0.3 is 0 Å². The van der Waals surface area contributed by atoms with Gasteiger partial charge in [0.2, 0.25) is 5.91 Å². The molecule has 1 aliphatic carbocycles. The highest BCUT2D eigenvalue weighted by molar-refractivity contribution is 7.14. The molecule has 1 aliphatic heterocycles. The number of nitrogens with zero attached hydrogens (tertiary/aromatic N) is 2. The Labute approximate surface area is 185 Å². The van der Waals surface area contributed by atoms with Crippen LogP contribution in [0.1, 0.15) is 52.1 Å². The summed E-state index contributed by atoms with van der Waals surface area (Å²) in [6, 6.07) is 11.7. The Morgan fingerprint density at radius 1 is 1.23 bits per heavy atom. The van der Waals surface area contributed by atoms with Gasteiger partial charge in [-0.25, -0.2) is 4.98 Å². The first-order chi connectivity index (χ1) is 15.1. The van der Waals surface area contributed by atoms with Gasteiger partial charge in [-0.05, 0) is 43.5 Å². The van der Waals surface area contributed by atoms with Gasteiger partial charge in [0.25, 0.3) is 5.91 Å². The maximum atomic E-state index is 12.7. The molecular formula is C23H27N5O2S. The first kappa shape index (κ1) is 20.2. The van der Waals surface area contributed by atoms with E-state index in [2.05, 4.69) is 20.6 Å². The lowest BCUT2D eigenvalue weighted by Crippen LogP contribution is -2.46. The van der Waals surface area contributed by atoms with E-state index in [4.69, 9.17) is 0 Å². The van der Waals surface area contributed by atoms with Crippen LogP contribution in [0.5, 0.6) is 0 Å². The molecule has 2 amide bonds. The van der Waals surface area contributed by atoms with Gasteiger partial charge in [0.15, 0.2) is 0 Å². The summed E-state index contributed by atoms with van der Waals surface area (Å²) in [5, 5.41) is 6.37. The number of benzene rings is 1. The summed E-state index contributed by atoms with van der Waals surface area (Å²) in [5.41, 5.74) is 2.02. The zero-order valence-corrected chi connectivity index (χ0v) is 18.4. The van der Waals surface area contributed by atoms with Crippen molar-refractivity contribution in [2.24, 2.45) is 5.92 Å². The summed E-state index contributed by atoms with van der Waals surface area (Å²) < 4.78 is 0. The fourth-order valence-electron chi connectivity index (χ4n) is 4.29. The highest BCUT2D eigenvalue weighted by Gasteiger charge is 2.42. The number of hydrogen-bond donors (Lipinski definition) is 3. The van der Waals surface area contributed by atoms with Crippen LogP contribution in [0.25, 0.3) is 11.0 Å². The third kappa shape index (κ3) is 4.36. The predicted molar refractivity (Wildman–Crippen MR) is 121 cm³/mol. The van der Waals surface area contributed by atoms with Crippen LogP contribution in [0.15, 0.2) is 36.4 Å². The normalized spacial score (nSPS) is 21.8. The van der Waals surface area contributed by atoms with Crippen molar-refractivity contribution < 1.29 is 9.59 Å². The number of carbonyl (C=O) groups is 2. The molecule has 2 aromatic heterocycles. The van der Waals surface area contributed by atoms with Crippen LogP contribution in [0.4, 0.5) is 0 Å². The number of H-pyrrole nitrogens is 1. The molecule has 3 N–H and O–H groups in total. The minimum atomic E-state index is -0.106. The minimum Gasteiger partial charge on any atom is -0.349 e. The molecule has 0 radical (unpaired) electrons. The molecule has 31 heavy (non-hydrogen) atoms. The molecule has 7 nitrogen and oxygen atoms in total. The first-order valence-electron chi connectivity index (χ1n) is 10.9. The molecule has 0 unspecified atom stereocenters. The second-order valence-corrected chi connectivity index (χ2v) is 9.59. The molecule has 1 saturated heterocycles. The van der Waals surface area contributed by atoms with Gasteiger partial charge in [-0.15, -0.1) is 11.3 Å². The number of rotatable bonds is 6. The van der Waals surface area contributed by atoms with Crippen LogP contribution in [0, 0.1) is 5.92 Å². The van der Waals surface area contributed by atoms with Crippen molar-refractivity contribution >= 4 is 34.2 Å². The number of imidazole rings is 1. The van der Waals surface area contributed by atoms with E-state index in [1.807, 2.05) is 48.2 Å². The third-order valence-corrected chi connectivity index (χ3v) is 7.43. The lowest BCUT2D eigenvalue weighted by atomic mass is 10.2. The lowest BCUT2D eigenvalue weighted by molar-refractivity contribution is -0.122. The quantitative estimate of drug-likeness (QED) is 0.553. The number of piperazine rings is 1. The Bertz CT molecular complexity index is 1070. The average molecular weight is 438 g/mol. The molecule has 1 saturated carbocycles. The second-order valence-electron chi connectivity index (χ2n) is 8.48. The number of thiophene rings is 1.